The van der Waals surface area contributed by atoms with E-state index in [0.29, 0.717) is 0 Å². The highest BCUT2D eigenvalue weighted by Gasteiger charge is 2.07. The Balaban J connectivity index is 3.21. The predicted octanol–water partition coefficient (Wildman–Crippen LogP) is -1.40. The SMILES string of the molecule is O=c1[nH][nH]c(=O)c2nonc12. The molecule has 2 heterocycles. The van der Waals surface area contributed by atoms with Crippen LogP contribution < -0.4 is 11.1 Å². The molecule has 7 heteroatoms. The van der Waals surface area contributed by atoms with Crippen LogP contribution in [0.5, 0.6) is 0 Å². The number of H-pyrrole nitrogens is 2. The summed E-state index contributed by atoms with van der Waals surface area (Å²) in [5.74, 6) is 0. The fourth-order valence-corrected chi connectivity index (χ4v) is 0.718. The molecule has 2 N–H and O–H groups in total. The summed E-state index contributed by atoms with van der Waals surface area (Å²) in [5, 5.41) is 10.6. The van der Waals surface area contributed by atoms with Crippen molar-refractivity contribution < 1.29 is 4.63 Å². The third kappa shape index (κ3) is 0.672. The smallest absolute Gasteiger partial charge is 0.265 e. The normalized spacial score (nSPS) is 10.5. The van der Waals surface area contributed by atoms with Crippen LogP contribution in [0.15, 0.2) is 14.2 Å². The Labute approximate surface area is 58.0 Å². The first-order valence-electron chi connectivity index (χ1n) is 2.72. The minimum atomic E-state index is -0.527. The molecule has 0 aliphatic rings. The first-order chi connectivity index (χ1) is 5.29. The molecule has 0 aliphatic carbocycles. The molecule has 0 amide bonds. The Bertz CT molecular complexity index is 447. The van der Waals surface area contributed by atoms with E-state index in [1.807, 2.05) is 0 Å². The monoisotopic (exact) mass is 154 g/mol. The zero-order valence-electron chi connectivity index (χ0n) is 5.12. The summed E-state index contributed by atoms with van der Waals surface area (Å²) in [6, 6.07) is 0. The van der Waals surface area contributed by atoms with E-state index < -0.39 is 11.1 Å². The fraction of sp³-hybridized carbons (Fsp3) is 0. The molecule has 0 radical (unpaired) electrons. The second-order valence-corrected chi connectivity index (χ2v) is 1.87. The van der Waals surface area contributed by atoms with Gasteiger partial charge in [-0.1, -0.05) is 0 Å². The maximum Gasteiger partial charge on any atom is 0.294 e. The molecular formula is C4H2N4O3. The summed E-state index contributed by atoms with van der Waals surface area (Å²) in [6.07, 6.45) is 0. The number of rotatable bonds is 0. The Morgan fingerprint density at radius 3 is 1.91 bits per heavy atom. The molecule has 56 valence electrons. The van der Waals surface area contributed by atoms with Crippen LogP contribution in [0.3, 0.4) is 0 Å². The van der Waals surface area contributed by atoms with Crippen molar-refractivity contribution in [2.75, 3.05) is 0 Å². The van der Waals surface area contributed by atoms with Crippen LogP contribution in [-0.2, 0) is 0 Å². The van der Waals surface area contributed by atoms with Gasteiger partial charge in [-0.25, -0.2) is 4.63 Å². The number of fused-ring (bicyclic) bond motifs is 1. The third-order valence-electron chi connectivity index (χ3n) is 1.21. The molecule has 0 bridgehead atoms. The van der Waals surface area contributed by atoms with E-state index in [2.05, 4.69) is 25.1 Å². The van der Waals surface area contributed by atoms with E-state index >= 15 is 0 Å². The van der Waals surface area contributed by atoms with E-state index in [9.17, 15) is 9.59 Å². The van der Waals surface area contributed by atoms with Crippen LogP contribution in [0.2, 0.25) is 0 Å². The predicted molar refractivity (Wildman–Crippen MR) is 33.0 cm³/mol. The van der Waals surface area contributed by atoms with Gasteiger partial charge in [-0.05, 0) is 10.3 Å². The number of nitrogens with zero attached hydrogens (tertiary/aromatic N) is 2. The minimum absolute atomic E-state index is 0.0891. The molecule has 2 rings (SSSR count). The van der Waals surface area contributed by atoms with Crippen LogP contribution in [-0.4, -0.2) is 20.5 Å². The lowest BCUT2D eigenvalue weighted by Gasteiger charge is -1.79. The highest BCUT2D eigenvalue weighted by Crippen LogP contribution is 1.91. The standard InChI is InChI=1S/C4H2N4O3/c9-3-1-2(8-11-7-1)4(10)6-5-3/h(H,5,9)(H,6,10). The summed E-state index contributed by atoms with van der Waals surface area (Å²) in [5.41, 5.74) is -1.23. The Morgan fingerprint density at radius 1 is 1.00 bits per heavy atom. The van der Waals surface area contributed by atoms with Crippen molar-refractivity contribution in [2.24, 2.45) is 0 Å². The average molecular weight is 154 g/mol. The molecule has 2 aromatic heterocycles. The first-order valence-corrected chi connectivity index (χ1v) is 2.72. The molecule has 0 spiro atoms. The molecule has 0 saturated carbocycles. The van der Waals surface area contributed by atoms with Gasteiger partial charge in [-0.2, -0.15) is 0 Å². The largest absolute Gasteiger partial charge is 0.294 e. The topological polar surface area (TPSA) is 105 Å². The van der Waals surface area contributed by atoms with Crippen LogP contribution in [0, 0.1) is 0 Å². The minimum Gasteiger partial charge on any atom is -0.265 e. The highest BCUT2D eigenvalue weighted by molar-refractivity contribution is 5.69. The van der Waals surface area contributed by atoms with Gasteiger partial charge in [-0.3, -0.25) is 19.8 Å². The molecule has 0 aromatic carbocycles. The van der Waals surface area contributed by atoms with Crippen molar-refractivity contribution >= 4 is 11.0 Å². The molecule has 0 aliphatic heterocycles. The van der Waals surface area contributed by atoms with E-state index in [4.69, 9.17) is 0 Å². The molecule has 7 nitrogen and oxygen atoms in total. The molecular weight excluding hydrogens is 152 g/mol. The maximum atomic E-state index is 10.8. The molecule has 0 fully saturated rings. The lowest BCUT2D eigenvalue weighted by atomic mass is 10.5. The van der Waals surface area contributed by atoms with Crippen LogP contribution in [0.4, 0.5) is 0 Å². The van der Waals surface area contributed by atoms with E-state index in [-0.39, 0.29) is 11.0 Å². The van der Waals surface area contributed by atoms with E-state index in [0.717, 1.165) is 0 Å². The fourth-order valence-electron chi connectivity index (χ4n) is 0.718. The van der Waals surface area contributed by atoms with Crippen molar-refractivity contribution in [1.29, 1.82) is 0 Å². The Morgan fingerprint density at radius 2 is 1.45 bits per heavy atom. The number of aromatic amines is 2. The van der Waals surface area contributed by atoms with Crippen molar-refractivity contribution in [3.63, 3.8) is 0 Å². The molecule has 0 unspecified atom stereocenters. The van der Waals surface area contributed by atoms with Gasteiger partial charge in [0, 0.05) is 0 Å². The third-order valence-corrected chi connectivity index (χ3v) is 1.21. The number of aromatic nitrogens is 4. The van der Waals surface area contributed by atoms with E-state index in [1.54, 1.807) is 0 Å². The number of nitrogens with one attached hydrogen (secondary N) is 2. The summed E-state index contributed by atoms with van der Waals surface area (Å²) < 4.78 is 4.19. The molecule has 2 aromatic rings. The van der Waals surface area contributed by atoms with Gasteiger partial charge < -0.3 is 0 Å². The zero-order valence-corrected chi connectivity index (χ0v) is 5.12. The van der Waals surface area contributed by atoms with Crippen LogP contribution >= 0.6 is 0 Å². The highest BCUT2D eigenvalue weighted by atomic mass is 16.6. The van der Waals surface area contributed by atoms with Crippen molar-refractivity contribution in [3.05, 3.63) is 20.7 Å². The molecule has 11 heavy (non-hydrogen) atoms. The quantitative estimate of drug-likeness (QED) is 0.485. The van der Waals surface area contributed by atoms with Gasteiger partial charge in [0.25, 0.3) is 11.1 Å². The average Bonchev–Trinajstić information content (AvgIpc) is 2.45. The maximum absolute atomic E-state index is 10.8. The Hall–Kier alpha value is -1.92. The first kappa shape index (κ1) is 5.83. The summed E-state index contributed by atoms with van der Waals surface area (Å²) in [4.78, 5) is 21.6. The second-order valence-electron chi connectivity index (χ2n) is 1.87. The summed E-state index contributed by atoms with van der Waals surface area (Å²) in [6.45, 7) is 0. The molecule has 0 atom stereocenters. The van der Waals surface area contributed by atoms with Gasteiger partial charge in [0.2, 0.25) is 11.0 Å². The molecule has 0 saturated heterocycles. The van der Waals surface area contributed by atoms with Crippen LogP contribution in [0.1, 0.15) is 0 Å². The summed E-state index contributed by atoms with van der Waals surface area (Å²) in [7, 11) is 0. The Kier molecular flexibility index (Phi) is 0.945. The van der Waals surface area contributed by atoms with Crippen LogP contribution in [0.25, 0.3) is 11.0 Å². The van der Waals surface area contributed by atoms with Gasteiger partial charge in [0.1, 0.15) is 0 Å². The van der Waals surface area contributed by atoms with Crippen molar-refractivity contribution in [1.82, 2.24) is 20.5 Å². The summed E-state index contributed by atoms with van der Waals surface area (Å²) >= 11 is 0. The van der Waals surface area contributed by atoms with Gasteiger partial charge in [-0.15, -0.1) is 0 Å². The van der Waals surface area contributed by atoms with Gasteiger partial charge in [0.05, 0.1) is 0 Å². The van der Waals surface area contributed by atoms with Crippen molar-refractivity contribution in [3.8, 4) is 0 Å². The number of hydrogen-bond acceptors (Lipinski definition) is 5. The van der Waals surface area contributed by atoms with Gasteiger partial charge >= 0.3 is 0 Å². The van der Waals surface area contributed by atoms with Crippen molar-refractivity contribution in [2.45, 2.75) is 0 Å². The van der Waals surface area contributed by atoms with E-state index in [1.165, 1.54) is 0 Å². The zero-order chi connectivity index (χ0) is 7.84. The second kappa shape index (κ2) is 1.78. The number of hydrogen-bond donors (Lipinski definition) is 2. The lowest BCUT2D eigenvalue weighted by molar-refractivity contribution is 0.315. The van der Waals surface area contributed by atoms with Gasteiger partial charge in [0.15, 0.2) is 0 Å². The lowest BCUT2D eigenvalue weighted by Crippen LogP contribution is -2.18.